The summed E-state index contributed by atoms with van der Waals surface area (Å²) in [5.41, 5.74) is -0.690. The summed E-state index contributed by atoms with van der Waals surface area (Å²) < 4.78 is 2.88. The Morgan fingerprint density at radius 1 is 1.39 bits per heavy atom. The number of H-pyrrole nitrogens is 1. The molecule has 124 valence electrons. The van der Waals surface area contributed by atoms with Crippen molar-refractivity contribution >= 4 is 5.91 Å². The first-order valence-corrected chi connectivity index (χ1v) is 7.43. The maximum atomic E-state index is 12.2. The van der Waals surface area contributed by atoms with Crippen molar-refractivity contribution in [3.05, 3.63) is 44.8 Å². The fourth-order valence-corrected chi connectivity index (χ4v) is 2.27. The molecule has 0 unspecified atom stereocenters. The summed E-state index contributed by atoms with van der Waals surface area (Å²) >= 11 is 0. The van der Waals surface area contributed by atoms with Gasteiger partial charge in [-0.1, -0.05) is 6.92 Å². The third-order valence-electron chi connectivity index (χ3n) is 3.50. The summed E-state index contributed by atoms with van der Waals surface area (Å²) in [5.74, 6) is 0.337. The minimum absolute atomic E-state index is 0.173. The minimum Gasteiger partial charge on any atom is -0.345 e. The fraction of sp³-hybridized carbons (Fsp3) is 0.500. The van der Waals surface area contributed by atoms with Crippen LogP contribution in [0.1, 0.15) is 37.7 Å². The van der Waals surface area contributed by atoms with Crippen LogP contribution in [0.5, 0.6) is 0 Å². The number of aromatic nitrogens is 5. The predicted molar refractivity (Wildman–Crippen MR) is 82.9 cm³/mol. The largest absolute Gasteiger partial charge is 0.345 e. The molecule has 1 amide bonds. The van der Waals surface area contributed by atoms with Gasteiger partial charge in [0.2, 0.25) is 5.91 Å². The van der Waals surface area contributed by atoms with Crippen LogP contribution in [0.4, 0.5) is 0 Å². The zero-order valence-electron chi connectivity index (χ0n) is 13.4. The predicted octanol–water partition coefficient (Wildman–Crippen LogP) is -0.276. The normalized spacial score (nSPS) is 12.1. The van der Waals surface area contributed by atoms with E-state index < -0.39 is 11.2 Å². The first-order valence-electron chi connectivity index (χ1n) is 7.43. The molecule has 2 aromatic heterocycles. The average molecular weight is 320 g/mol. The molecule has 0 aromatic carbocycles. The van der Waals surface area contributed by atoms with E-state index in [1.54, 1.807) is 11.6 Å². The van der Waals surface area contributed by atoms with Crippen LogP contribution in [0.15, 0.2) is 22.1 Å². The number of carbonyl (C=O) groups excluding carboxylic acids is 1. The molecule has 0 radical (unpaired) electrons. The summed E-state index contributed by atoms with van der Waals surface area (Å²) in [5, 5.41) is 6.93. The maximum absolute atomic E-state index is 12.2. The van der Waals surface area contributed by atoms with Gasteiger partial charge in [0.05, 0.1) is 6.04 Å². The van der Waals surface area contributed by atoms with E-state index in [9.17, 15) is 14.4 Å². The number of hydrogen-bond donors (Lipinski definition) is 2. The van der Waals surface area contributed by atoms with Gasteiger partial charge in [-0.3, -0.25) is 19.1 Å². The molecule has 23 heavy (non-hydrogen) atoms. The van der Waals surface area contributed by atoms with E-state index in [-0.39, 0.29) is 18.5 Å². The molecule has 2 rings (SSSR count). The zero-order valence-corrected chi connectivity index (χ0v) is 13.4. The van der Waals surface area contributed by atoms with E-state index in [0.29, 0.717) is 24.4 Å². The van der Waals surface area contributed by atoms with Crippen LogP contribution in [0.25, 0.3) is 0 Å². The molecule has 2 heterocycles. The third-order valence-corrected chi connectivity index (χ3v) is 3.50. The topological polar surface area (TPSA) is 115 Å². The second-order valence-electron chi connectivity index (χ2n) is 5.16. The number of aromatic amines is 1. The summed E-state index contributed by atoms with van der Waals surface area (Å²) in [7, 11) is 0. The lowest BCUT2D eigenvalue weighted by Gasteiger charge is -2.17. The molecule has 9 heteroatoms. The molecule has 0 aliphatic rings. The van der Waals surface area contributed by atoms with Crippen molar-refractivity contribution in [2.75, 3.05) is 0 Å². The number of aryl methyl sites for hydroxylation is 2. The van der Waals surface area contributed by atoms with E-state index >= 15 is 0 Å². The molecule has 2 aromatic rings. The van der Waals surface area contributed by atoms with Gasteiger partial charge in [-0.05, 0) is 20.3 Å². The molecule has 0 fully saturated rings. The molecule has 2 N–H and O–H groups in total. The minimum atomic E-state index is -0.611. The lowest BCUT2D eigenvalue weighted by molar-refractivity contribution is -0.122. The van der Waals surface area contributed by atoms with E-state index in [0.717, 1.165) is 0 Å². The van der Waals surface area contributed by atoms with Gasteiger partial charge >= 0.3 is 5.69 Å². The van der Waals surface area contributed by atoms with Crippen LogP contribution in [0.3, 0.4) is 0 Å². The number of hydrogen-bond acceptors (Lipinski definition) is 5. The van der Waals surface area contributed by atoms with E-state index in [2.05, 4.69) is 20.4 Å². The van der Waals surface area contributed by atoms with Gasteiger partial charge in [0.15, 0.2) is 0 Å². The smallest absolute Gasteiger partial charge is 0.328 e. The van der Waals surface area contributed by atoms with Gasteiger partial charge in [0, 0.05) is 18.3 Å². The van der Waals surface area contributed by atoms with Crippen LogP contribution < -0.4 is 16.6 Å². The van der Waals surface area contributed by atoms with Crippen LogP contribution in [0.2, 0.25) is 0 Å². The van der Waals surface area contributed by atoms with Crippen molar-refractivity contribution in [1.82, 2.24) is 29.6 Å². The Labute approximate surface area is 132 Å². The second-order valence-corrected chi connectivity index (χ2v) is 5.16. The van der Waals surface area contributed by atoms with Crippen LogP contribution in [0, 0.1) is 6.92 Å². The summed E-state index contributed by atoms with van der Waals surface area (Å²) in [6, 6.07) is -0.287. The molecular formula is C14H20N6O3. The van der Waals surface area contributed by atoms with Gasteiger partial charge in [-0.2, -0.15) is 5.10 Å². The van der Waals surface area contributed by atoms with Gasteiger partial charge in [0.1, 0.15) is 18.7 Å². The highest BCUT2D eigenvalue weighted by Crippen LogP contribution is 2.13. The quantitative estimate of drug-likeness (QED) is 0.760. The Morgan fingerprint density at radius 2 is 2.13 bits per heavy atom. The van der Waals surface area contributed by atoms with E-state index in [4.69, 9.17) is 0 Å². The van der Waals surface area contributed by atoms with Gasteiger partial charge in [-0.25, -0.2) is 14.5 Å². The standard InChI is InChI=1S/C14H20N6O3/c1-4-10(12-15-8-16-20(12)5-2)17-11(21)7-19-6-9(3)13(22)18-14(19)23/h6,8,10H,4-5,7H2,1-3H3,(H,17,21)(H,18,22,23)/t10-/m1/s1. The highest BCUT2D eigenvalue weighted by atomic mass is 16.2. The Bertz CT molecular complexity index is 803. The van der Waals surface area contributed by atoms with Crippen molar-refractivity contribution < 1.29 is 4.79 Å². The number of rotatable bonds is 6. The van der Waals surface area contributed by atoms with Gasteiger partial charge < -0.3 is 5.32 Å². The van der Waals surface area contributed by atoms with Crippen molar-refractivity contribution in [2.24, 2.45) is 0 Å². The Morgan fingerprint density at radius 3 is 2.78 bits per heavy atom. The molecular weight excluding hydrogens is 300 g/mol. The van der Waals surface area contributed by atoms with Crippen molar-refractivity contribution in [2.45, 2.75) is 46.3 Å². The van der Waals surface area contributed by atoms with Crippen molar-refractivity contribution in [3.63, 3.8) is 0 Å². The Hall–Kier alpha value is -2.71. The Kier molecular flexibility index (Phi) is 5.09. The number of nitrogens with one attached hydrogen (secondary N) is 2. The first kappa shape index (κ1) is 16.7. The fourth-order valence-electron chi connectivity index (χ4n) is 2.27. The van der Waals surface area contributed by atoms with Crippen molar-refractivity contribution in [3.8, 4) is 0 Å². The number of carbonyl (C=O) groups is 1. The van der Waals surface area contributed by atoms with Crippen LogP contribution in [-0.4, -0.2) is 30.2 Å². The van der Waals surface area contributed by atoms with Crippen molar-refractivity contribution in [1.29, 1.82) is 0 Å². The third kappa shape index (κ3) is 3.74. The summed E-state index contributed by atoms with van der Waals surface area (Å²) in [6.07, 6.45) is 3.46. The molecule has 0 saturated carbocycles. The first-order chi connectivity index (χ1) is 11.0. The Balaban J connectivity index is 2.14. The molecule has 9 nitrogen and oxygen atoms in total. The van der Waals surface area contributed by atoms with E-state index in [1.165, 1.54) is 17.1 Å². The number of nitrogens with zero attached hydrogens (tertiary/aromatic N) is 4. The molecule has 0 bridgehead atoms. The van der Waals surface area contributed by atoms with Gasteiger partial charge in [0.25, 0.3) is 5.56 Å². The molecule has 0 saturated heterocycles. The highest BCUT2D eigenvalue weighted by Gasteiger charge is 2.18. The summed E-state index contributed by atoms with van der Waals surface area (Å²) in [4.78, 5) is 41.6. The monoisotopic (exact) mass is 320 g/mol. The maximum Gasteiger partial charge on any atom is 0.328 e. The van der Waals surface area contributed by atoms with Gasteiger partial charge in [-0.15, -0.1) is 0 Å². The average Bonchev–Trinajstić information content (AvgIpc) is 2.98. The van der Waals surface area contributed by atoms with Crippen LogP contribution in [-0.2, 0) is 17.9 Å². The summed E-state index contributed by atoms with van der Waals surface area (Å²) in [6.45, 7) is 5.92. The zero-order chi connectivity index (χ0) is 17.0. The highest BCUT2D eigenvalue weighted by molar-refractivity contribution is 5.76. The second kappa shape index (κ2) is 7.03. The molecule has 0 spiro atoms. The van der Waals surface area contributed by atoms with E-state index in [1.807, 2.05) is 13.8 Å². The molecule has 1 atom stereocenters. The van der Waals surface area contributed by atoms with Crippen LogP contribution >= 0.6 is 0 Å². The molecule has 0 aliphatic heterocycles. The lowest BCUT2D eigenvalue weighted by atomic mass is 10.2. The lowest BCUT2D eigenvalue weighted by Crippen LogP contribution is -2.38. The SMILES string of the molecule is CC[C@@H](NC(=O)Cn1cc(C)c(=O)[nH]c1=O)c1ncnn1CC. The number of amides is 1. The molecule has 0 aliphatic carbocycles.